The third kappa shape index (κ3) is 4.50. The SMILES string of the molecule is O=C(CCCOc1ccccc1F)NNC(=O)c1n[nH]c(=O)c2ccccc12. The van der Waals surface area contributed by atoms with Gasteiger partial charge >= 0.3 is 0 Å². The Kier molecular flexibility index (Phi) is 5.95. The molecule has 8 nitrogen and oxygen atoms in total. The molecule has 0 saturated carbocycles. The van der Waals surface area contributed by atoms with E-state index < -0.39 is 23.2 Å². The van der Waals surface area contributed by atoms with Crippen molar-refractivity contribution in [2.24, 2.45) is 0 Å². The molecular weight excluding hydrogens is 367 g/mol. The summed E-state index contributed by atoms with van der Waals surface area (Å²) in [5.41, 5.74) is 4.10. The number of benzene rings is 2. The van der Waals surface area contributed by atoms with Crippen LogP contribution in [0.25, 0.3) is 10.8 Å². The standard InChI is InChI=1S/C19H17FN4O4/c20-14-8-3-4-9-15(14)28-11-5-10-16(25)21-24-19(27)17-12-6-1-2-7-13(12)18(26)23-22-17/h1-4,6-9H,5,10-11H2,(H,21,25)(H,23,26)(H,24,27). The lowest BCUT2D eigenvalue weighted by molar-refractivity contribution is -0.122. The number of carbonyl (C=O) groups is 2. The smallest absolute Gasteiger partial charge is 0.290 e. The van der Waals surface area contributed by atoms with Gasteiger partial charge in [-0.25, -0.2) is 9.49 Å². The first-order valence-corrected chi connectivity index (χ1v) is 8.50. The molecule has 28 heavy (non-hydrogen) atoms. The molecule has 144 valence electrons. The van der Waals surface area contributed by atoms with Crippen molar-refractivity contribution in [1.82, 2.24) is 21.0 Å². The lowest BCUT2D eigenvalue weighted by Crippen LogP contribution is -2.42. The van der Waals surface area contributed by atoms with Crippen molar-refractivity contribution in [3.8, 4) is 5.75 Å². The van der Waals surface area contributed by atoms with Crippen LogP contribution >= 0.6 is 0 Å². The maximum absolute atomic E-state index is 13.4. The first kappa shape index (κ1) is 19.0. The summed E-state index contributed by atoms with van der Waals surface area (Å²) in [6, 6.07) is 12.5. The number of fused-ring (bicyclic) bond motifs is 1. The number of hydrogen-bond donors (Lipinski definition) is 3. The molecule has 3 rings (SSSR count). The second-order valence-electron chi connectivity index (χ2n) is 5.83. The summed E-state index contributed by atoms with van der Waals surface area (Å²) in [7, 11) is 0. The van der Waals surface area contributed by atoms with Gasteiger partial charge in [0.2, 0.25) is 5.91 Å². The van der Waals surface area contributed by atoms with Crippen molar-refractivity contribution in [2.75, 3.05) is 6.61 Å². The number of rotatable bonds is 6. The number of hydrazine groups is 1. The van der Waals surface area contributed by atoms with Crippen LogP contribution < -0.4 is 21.1 Å². The van der Waals surface area contributed by atoms with E-state index in [0.717, 1.165) is 0 Å². The van der Waals surface area contributed by atoms with Crippen molar-refractivity contribution in [3.05, 3.63) is 70.4 Å². The van der Waals surface area contributed by atoms with E-state index in [1.54, 1.807) is 36.4 Å². The maximum atomic E-state index is 13.4. The van der Waals surface area contributed by atoms with E-state index in [2.05, 4.69) is 21.0 Å². The van der Waals surface area contributed by atoms with Gasteiger partial charge < -0.3 is 4.74 Å². The predicted octanol–water partition coefficient (Wildman–Crippen LogP) is 1.68. The second kappa shape index (κ2) is 8.76. The highest BCUT2D eigenvalue weighted by molar-refractivity contribution is 6.05. The number of carbonyl (C=O) groups excluding carboxylic acids is 2. The zero-order valence-electron chi connectivity index (χ0n) is 14.7. The monoisotopic (exact) mass is 384 g/mol. The van der Waals surface area contributed by atoms with E-state index in [1.165, 1.54) is 12.1 Å². The number of aromatic nitrogens is 2. The normalized spacial score (nSPS) is 10.5. The van der Waals surface area contributed by atoms with Crippen LogP contribution in [0, 0.1) is 5.82 Å². The first-order valence-electron chi connectivity index (χ1n) is 8.50. The highest BCUT2D eigenvalue weighted by Gasteiger charge is 2.14. The molecule has 0 bridgehead atoms. The lowest BCUT2D eigenvalue weighted by atomic mass is 10.1. The largest absolute Gasteiger partial charge is 0.491 e. The number of nitrogens with zero attached hydrogens (tertiary/aromatic N) is 1. The Morgan fingerprint density at radius 1 is 1.04 bits per heavy atom. The van der Waals surface area contributed by atoms with E-state index in [1.807, 2.05) is 0 Å². The van der Waals surface area contributed by atoms with Gasteiger partial charge in [0, 0.05) is 11.8 Å². The molecule has 0 aliphatic rings. The average Bonchev–Trinajstić information content (AvgIpc) is 2.71. The molecule has 2 amide bonds. The van der Waals surface area contributed by atoms with Crippen LogP contribution in [0.5, 0.6) is 5.75 Å². The summed E-state index contributed by atoms with van der Waals surface area (Å²) in [4.78, 5) is 35.8. The van der Waals surface area contributed by atoms with Gasteiger partial charge in [0.15, 0.2) is 17.3 Å². The number of aromatic amines is 1. The van der Waals surface area contributed by atoms with Crippen LogP contribution in [0.2, 0.25) is 0 Å². The summed E-state index contributed by atoms with van der Waals surface area (Å²) in [6.45, 7) is 0.147. The lowest BCUT2D eigenvalue weighted by Gasteiger charge is -2.09. The minimum Gasteiger partial charge on any atom is -0.491 e. The van der Waals surface area contributed by atoms with Gasteiger partial charge in [0.05, 0.1) is 12.0 Å². The molecule has 0 fully saturated rings. The second-order valence-corrected chi connectivity index (χ2v) is 5.83. The van der Waals surface area contributed by atoms with Crippen molar-refractivity contribution in [3.63, 3.8) is 0 Å². The molecule has 0 atom stereocenters. The topological polar surface area (TPSA) is 113 Å². The molecule has 0 radical (unpaired) electrons. The number of para-hydroxylation sites is 1. The number of nitrogens with one attached hydrogen (secondary N) is 3. The zero-order chi connectivity index (χ0) is 19.9. The van der Waals surface area contributed by atoms with Gasteiger partial charge in [0.1, 0.15) is 0 Å². The van der Waals surface area contributed by atoms with Crippen LogP contribution in [-0.2, 0) is 4.79 Å². The predicted molar refractivity (Wildman–Crippen MR) is 99.1 cm³/mol. The van der Waals surface area contributed by atoms with E-state index in [9.17, 15) is 18.8 Å². The van der Waals surface area contributed by atoms with Crippen LogP contribution in [0.1, 0.15) is 23.3 Å². The minimum atomic E-state index is -0.664. The third-order valence-electron chi connectivity index (χ3n) is 3.87. The average molecular weight is 384 g/mol. The molecule has 1 aromatic heterocycles. The Balaban J connectivity index is 1.48. The fourth-order valence-corrected chi connectivity index (χ4v) is 2.51. The van der Waals surface area contributed by atoms with Crippen LogP contribution in [0.15, 0.2) is 53.3 Å². The molecule has 0 spiro atoms. The molecule has 0 unspecified atom stereocenters. The quantitative estimate of drug-likeness (QED) is 0.442. The Morgan fingerprint density at radius 2 is 1.75 bits per heavy atom. The molecule has 1 heterocycles. The van der Waals surface area contributed by atoms with E-state index >= 15 is 0 Å². The van der Waals surface area contributed by atoms with Gasteiger partial charge in [-0.05, 0) is 24.6 Å². The van der Waals surface area contributed by atoms with Gasteiger partial charge in [-0.15, -0.1) is 0 Å². The first-order chi connectivity index (χ1) is 13.6. The summed E-state index contributed by atoms with van der Waals surface area (Å²) in [5.74, 6) is -1.46. The summed E-state index contributed by atoms with van der Waals surface area (Å²) >= 11 is 0. The Hall–Kier alpha value is -3.75. The molecule has 0 saturated heterocycles. The Labute approximate surface area is 158 Å². The van der Waals surface area contributed by atoms with Crippen molar-refractivity contribution in [2.45, 2.75) is 12.8 Å². The minimum absolute atomic E-state index is 0.0154. The molecule has 2 aromatic carbocycles. The van der Waals surface area contributed by atoms with Crippen LogP contribution in [-0.4, -0.2) is 28.6 Å². The van der Waals surface area contributed by atoms with Gasteiger partial charge in [-0.3, -0.25) is 25.2 Å². The van der Waals surface area contributed by atoms with E-state index in [4.69, 9.17) is 4.74 Å². The van der Waals surface area contributed by atoms with Crippen molar-refractivity contribution in [1.29, 1.82) is 0 Å². The highest BCUT2D eigenvalue weighted by Crippen LogP contribution is 2.15. The molecule has 0 aliphatic heterocycles. The number of H-pyrrole nitrogens is 1. The fraction of sp³-hybridized carbons (Fsp3) is 0.158. The molecular formula is C19H17FN4O4. The van der Waals surface area contributed by atoms with E-state index in [0.29, 0.717) is 17.2 Å². The number of amides is 2. The highest BCUT2D eigenvalue weighted by atomic mass is 19.1. The molecule has 0 aliphatic carbocycles. The van der Waals surface area contributed by atoms with Crippen molar-refractivity contribution < 1.29 is 18.7 Å². The number of halogens is 1. The molecule has 9 heteroatoms. The van der Waals surface area contributed by atoms with Gasteiger partial charge in [-0.1, -0.05) is 30.3 Å². The fourth-order valence-electron chi connectivity index (χ4n) is 2.51. The summed E-state index contributed by atoms with van der Waals surface area (Å²) < 4.78 is 18.7. The van der Waals surface area contributed by atoms with Gasteiger partial charge in [-0.2, -0.15) is 5.10 Å². The number of ether oxygens (including phenoxy) is 1. The maximum Gasteiger partial charge on any atom is 0.290 e. The van der Waals surface area contributed by atoms with E-state index in [-0.39, 0.29) is 24.5 Å². The van der Waals surface area contributed by atoms with Crippen LogP contribution in [0.3, 0.4) is 0 Å². The molecule has 3 aromatic rings. The summed E-state index contributed by atoms with van der Waals surface area (Å²) in [5, 5.41) is 6.68. The Bertz CT molecular complexity index is 1070. The molecule has 3 N–H and O–H groups in total. The van der Waals surface area contributed by atoms with Crippen molar-refractivity contribution >= 4 is 22.6 Å². The van der Waals surface area contributed by atoms with Crippen LogP contribution in [0.4, 0.5) is 4.39 Å². The Morgan fingerprint density at radius 3 is 2.54 bits per heavy atom. The summed E-state index contributed by atoms with van der Waals surface area (Å²) in [6.07, 6.45) is 0.393. The number of hydrogen-bond acceptors (Lipinski definition) is 5. The third-order valence-corrected chi connectivity index (χ3v) is 3.87. The zero-order valence-corrected chi connectivity index (χ0v) is 14.7. The van der Waals surface area contributed by atoms with Gasteiger partial charge in [0.25, 0.3) is 11.5 Å².